The fraction of sp³-hybridized carbons (Fsp3) is 0.815. The molecule has 34 heavy (non-hydrogen) atoms. The topological polar surface area (TPSA) is 112 Å². The van der Waals surface area contributed by atoms with E-state index >= 15 is 0 Å². The summed E-state index contributed by atoms with van der Waals surface area (Å²) < 4.78 is -0.478. The highest BCUT2D eigenvalue weighted by atomic mass is 16.4. The van der Waals surface area contributed by atoms with Crippen molar-refractivity contribution in [2.24, 2.45) is 0 Å². The summed E-state index contributed by atoms with van der Waals surface area (Å²) >= 11 is 0. The summed E-state index contributed by atoms with van der Waals surface area (Å²) in [6, 6.07) is -3.36. The normalized spacial score (nSPS) is 16.1. The number of carboxylic acid groups (broad SMARTS) is 3. The first kappa shape index (κ1) is 32.1. The van der Waals surface area contributed by atoms with Crippen LogP contribution in [0, 0.1) is 0 Å². The number of aliphatic carboxylic acids is 3. The second-order valence-electron chi connectivity index (χ2n) is 9.70. The third-order valence-electron chi connectivity index (χ3n) is 7.27. The van der Waals surface area contributed by atoms with Gasteiger partial charge in [0.2, 0.25) is 0 Å². The molecule has 0 aliphatic rings. The minimum Gasteiger partial charge on any atom is -0.477 e. The molecule has 0 aromatic carbocycles. The molecule has 0 aliphatic heterocycles. The minimum atomic E-state index is -1.17. The summed E-state index contributed by atoms with van der Waals surface area (Å²) in [4.78, 5) is 35.3. The lowest BCUT2D eigenvalue weighted by Gasteiger charge is -2.47. The van der Waals surface area contributed by atoms with Crippen molar-refractivity contribution in [2.45, 2.75) is 136 Å². The monoisotopic (exact) mass is 484 g/mol. The molecular weight excluding hydrogens is 434 g/mol. The standard InChI is InChI=1S/C27H49NO6/c1-5-6-7-8-9-10-11-12-13-14-15-16-17-18-19-20-21-28(22(2)25(29)30,23(3)26(31)32)24(4)27(33)34/h7-8,22-24H,5-6,9-21H2,1-4H3,(H2-,29,30,31,32,33,34)/p+1/b8-7+. The Labute approximate surface area is 206 Å². The summed E-state index contributed by atoms with van der Waals surface area (Å²) in [7, 11) is 0. The lowest BCUT2D eigenvalue weighted by molar-refractivity contribution is -0.968. The number of rotatable bonds is 22. The van der Waals surface area contributed by atoms with E-state index in [9.17, 15) is 29.7 Å². The quantitative estimate of drug-likeness (QED) is 0.0950. The second-order valence-corrected chi connectivity index (χ2v) is 9.70. The van der Waals surface area contributed by atoms with E-state index in [4.69, 9.17) is 0 Å². The lowest BCUT2D eigenvalue weighted by atomic mass is 10.00. The smallest absolute Gasteiger partial charge is 0.362 e. The van der Waals surface area contributed by atoms with Crippen LogP contribution in [0.4, 0.5) is 0 Å². The van der Waals surface area contributed by atoms with Crippen molar-refractivity contribution < 1.29 is 34.2 Å². The molecule has 7 heteroatoms. The molecule has 3 N–H and O–H groups in total. The maximum atomic E-state index is 11.8. The zero-order valence-corrected chi connectivity index (χ0v) is 22.0. The van der Waals surface area contributed by atoms with Crippen molar-refractivity contribution in [3.63, 3.8) is 0 Å². The van der Waals surface area contributed by atoms with Crippen LogP contribution in [-0.4, -0.2) is 62.4 Å². The Morgan fingerprint density at radius 3 is 1.26 bits per heavy atom. The van der Waals surface area contributed by atoms with E-state index in [0.29, 0.717) is 6.42 Å². The molecule has 0 spiro atoms. The van der Waals surface area contributed by atoms with Gasteiger partial charge < -0.3 is 15.3 Å². The van der Waals surface area contributed by atoms with Crippen LogP contribution < -0.4 is 0 Å². The number of hydrogen-bond acceptors (Lipinski definition) is 3. The SMILES string of the molecule is CCC/C=C/CCCCCCCCCCCCC[N+](C(C)C(=O)O)(C(C)C(=O)O)C(C)C(=O)O. The maximum Gasteiger partial charge on any atom is 0.362 e. The highest BCUT2D eigenvalue weighted by Crippen LogP contribution is 2.27. The molecule has 0 radical (unpaired) electrons. The molecule has 0 saturated heterocycles. The summed E-state index contributed by atoms with van der Waals surface area (Å²) in [5.41, 5.74) is 0. The molecule has 0 bridgehead atoms. The Hall–Kier alpha value is -1.89. The van der Waals surface area contributed by atoms with E-state index in [1.807, 2.05) is 0 Å². The Kier molecular flexibility index (Phi) is 17.4. The molecule has 7 nitrogen and oxygen atoms in total. The molecule has 3 unspecified atom stereocenters. The van der Waals surface area contributed by atoms with Crippen molar-refractivity contribution in [1.29, 1.82) is 0 Å². The van der Waals surface area contributed by atoms with E-state index in [-0.39, 0.29) is 6.54 Å². The maximum absolute atomic E-state index is 11.8. The first-order valence-electron chi connectivity index (χ1n) is 13.3. The van der Waals surface area contributed by atoms with Gasteiger partial charge in [-0.3, -0.25) is 4.48 Å². The summed E-state index contributed by atoms with van der Waals surface area (Å²) in [6.07, 6.45) is 20.5. The highest BCUT2D eigenvalue weighted by Gasteiger charge is 2.52. The van der Waals surface area contributed by atoms with Gasteiger partial charge in [-0.25, -0.2) is 14.4 Å². The minimum absolute atomic E-state index is 0.224. The first-order valence-corrected chi connectivity index (χ1v) is 13.3. The van der Waals surface area contributed by atoms with Crippen LogP contribution >= 0.6 is 0 Å². The van der Waals surface area contributed by atoms with E-state index in [1.54, 1.807) is 0 Å². The zero-order chi connectivity index (χ0) is 26.0. The Morgan fingerprint density at radius 2 is 0.912 bits per heavy atom. The summed E-state index contributed by atoms with van der Waals surface area (Å²) in [5.74, 6) is -3.52. The predicted octanol–water partition coefficient (Wildman–Crippen LogP) is 6.26. The molecule has 0 aromatic rings. The molecule has 0 saturated carbocycles. The third kappa shape index (κ3) is 11.5. The lowest BCUT2D eigenvalue weighted by Crippen LogP contribution is -2.70. The van der Waals surface area contributed by atoms with Gasteiger partial charge in [-0.15, -0.1) is 0 Å². The summed E-state index contributed by atoms with van der Waals surface area (Å²) in [6.45, 7) is 6.68. The molecule has 0 rings (SSSR count). The fourth-order valence-corrected chi connectivity index (χ4v) is 4.85. The average Bonchev–Trinajstić information content (AvgIpc) is 2.80. The van der Waals surface area contributed by atoms with Gasteiger partial charge in [0, 0.05) is 0 Å². The number of allylic oxidation sites excluding steroid dienone is 2. The largest absolute Gasteiger partial charge is 0.477 e. The van der Waals surface area contributed by atoms with Crippen molar-refractivity contribution >= 4 is 17.9 Å². The molecule has 0 amide bonds. The van der Waals surface area contributed by atoms with Gasteiger partial charge in [0.25, 0.3) is 0 Å². The van der Waals surface area contributed by atoms with Crippen LogP contribution in [0.1, 0.15) is 118 Å². The van der Waals surface area contributed by atoms with Gasteiger partial charge in [0.05, 0.1) is 6.54 Å². The Balaban J connectivity index is 4.33. The number of hydrogen-bond donors (Lipinski definition) is 3. The van der Waals surface area contributed by atoms with Crippen LogP contribution in [0.3, 0.4) is 0 Å². The van der Waals surface area contributed by atoms with Crippen molar-refractivity contribution in [3.05, 3.63) is 12.2 Å². The van der Waals surface area contributed by atoms with E-state index < -0.39 is 40.5 Å². The average molecular weight is 485 g/mol. The van der Waals surface area contributed by atoms with E-state index in [0.717, 1.165) is 19.3 Å². The van der Waals surface area contributed by atoms with E-state index in [1.165, 1.54) is 85.0 Å². The van der Waals surface area contributed by atoms with Crippen molar-refractivity contribution in [1.82, 2.24) is 0 Å². The number of carboxylic acids is 3. The molecule has 0 heterocycles. The van der Waals surface area contributed by atoms with Gasteiger partial charge in [-0.05, 0) is 52.9 Å². The molecule has 0 aromatic heterocycles. The van der Waals surface area contributed by atoms with Gasteiger partial charge in [-0.2, -0.15) is 0 Å². The van der Waals surface area contributed by atoms with Crippen molar-refractivity contribution in [3.8, 4) is 0 Å². The van der Waals surface area contributed by atoms with Crippen LogP contribution in [0.15, 0.2) is 12.2 Å². The van der Waals surface area contributed by atoms with E-state index in [2.05, 4.69) is 19.1 Å². The fourth-order valence-electron chi connectivity index (χ4n) is 4.85. The molecule has 198 valence electrons. The second kappa shape index (κ2) is 18.4. The highest BCUT2D eigenvalue weighted by molar-refractivity contribution is 5.77. The van der Waals surface area contributed by atoms with Crippen LogP contribution in [-0.2, 0) is 14.4 Å². The Bertz CT molecular complexity index is 568. The van der Waals surface area contributed by atoms with Gasteiger partial charge >= 0.3 is 17.9 Å². The van der Waals surface area contributed by atoms with Crippen LogP contribution in [0.5, 0.6) is 0 Å². The van der Waals surface area contributed by atoms with Crippen LogP contribution in [0.25, 0.3) is 0 Å². The summed E-state index contributed by atoms with van der Waals surface area (Å²) in [5, 5.41) is 28.8. The number of unbranched alkanes of at least 4 members (excludes halogenated alkanes) is 12. The number of carbonyl (C=O) groups is 3. The number of nitrogens with zero attached hydrogens (tertiary/aromatic N) is 1. The van der Waals surface area contributed by atoms with Crippen LogP contribution in [0.2, 0.25) is 0 Å². The molecule has 0 fully saturated rings. The zero-order valence-electron chi connectivity index (χ0n) is 22.0. The molecular formula is C27H50NO6+. The first-order chi connectivity index (χ1) is 16.1. The van der Waals surface area contributed by atoms with Gasteiger partial charge in [0.15, 0.2) is 18.1 Å². The predicted molar refractivity (Wildman–Crippen MR) is 136 cm³/mol. The molecule has 0 aliphatic carbocycles. The number of quaternary nitrogens is 1. The van der Waals surface area contributed by atoms with Gasteiger partial charge in [-0.1, -0.05) is 76.9 Å². The Morgan fingerprint density at radius 1 is 0.588 bits per heavy atom. The molecule has 3 atom stereocenters. The van der Waals surface area contributed by atoms with Gasteiger partial charge in [0.1, 0.15) is 0 Å². The third-order valence-corrected chi connectivity index (χ3v) is 7.27. The van der Waals surface area contributed by atoms with Crippen molar-refractivity contribution in [2.75, 3.05) is 6.54 Å².